The molecule has 6 nitrogen and oxygen atoms in total. The zero-order chi connectivity index (χ0) is 14.0. The van der Waals surface area contributed by atoms with Gasteiger partial charge in [-0.05, 0) is 20.8 Å². The lowest BCUT2D eigenvalue weighted by Crippen LogP contribution is -2.28. The maximum Gasteiger partial charge on any atom is 0.277 e. The molecule has 2 aromatic rings. The van der Waals surface area contributed by atoms with E-state index in [2.05, 4.69) is 15.3 Å². The lowest BCUT2D eigenvalue weighted by Gasteiger charge is -2.24. The number of pyridine rings is 1. The predicted octanol–water partition coefficient (Wildman–Crippen LogP) is 3.10. The molecule has 100 valence electrons. The Bertz CT molecular complexity index is 596. The zero-order valence-electron chi connectivity index (χ0n) is 10.9. The van der Waals surface area contributed by atoms with Crippen LogP contribution in [0.1, 0.15) is 24.4 Å². The van der Waals surface area contributed by atoms with Gasteiger partial charge in [0.25, 0.3) is 5.69 Å². The summed E-state index contributed by atoms with van der Waals surface area (Å²) in [6, 6.07) is 1.45. The van der Waals surface area contributed by atoms with Gasteiger partial charge in [-0.15, -0.1) is 11.3 Å². The van der Waals surface area contributed by atoms with E-state index in [0.717, 1.165) is 5.01 Å². The van der Waals surface area contributed by atoms with Crippen LogP contribution in [0.25, 0.3) is 0 Å². The van der Waals surface area contributed by atoms with Gasteiger partial charge in [-0.1, -0.05) is 0 Å². The minimum absolute atomic E-state index is 0.0624. The summed E-state index contributed by atoms with van der Waals surface area (Å²) >= 11 is 1.53. The SMILES string of the molecule is Cc1cnc(NC(C)(C)c2nccs2)cc1[N+](=O)[O-]. The Hall–Kier alpha value is -2.02. The van der Waals surface area contributed by atoms with Gasteiger partial charge < -0.3 is 5.32 Å². The van der Waals surface area contributed by atoms with Crippen LogP contribution in [0.4, 0.5) is 11.5 Å². The molecule has 0 aliphatic heterocycles. The quantitative estimate of drug-likeness (QED) is 0.686. The van der Waals surface area contributed by atoms with Crippen LogP contribution in [0.15, 0.2) is 23.8 Å². The third-order valence-electron chi connectivity index (χ3n) is 2.68. The third kappa shape index (κ3) is 2.87. The van der Waals surface area contributed by atoms with Gasteiger partial charge in [0.15, 0.2) is 0 Å². The Morgan fingerprint density at radius 2 is 2.16 bits per heavy atom. The second-order valence-corrected chi connectivity index (χ2v) is 5.59. The molecule has 0 radical (unpaired) electrons. The van der Waals surface area contributed by atoms with Crippen LogP contribution in [0.3, 0.4) is 0 Å². The van der Waals surface area contributed by atoms with Crippen molar-refractivity contribution in [3.05, 3.63) is 44.5 Å². The molecule has 0 saturated heterocycles. The van der Waals surface area contributed by atoms with Gasteiger partial charge in [0.2, 0.25) is 0 Å². The van der Waals surface area contributed by atoms with Crippen molar-refractivity contribution in [3.8, 4) is 0 Å². The molecule has 1 N–H and O–H groups in total. The molecule has 0 aliphatic rings. The number of thiazole rings is 1. The van der Waals surface area contributed by atoms with Crippen LogP contribution in [0.2, 0.25) is 0 Å². The molecule has 0 saturated carbocycles. The van der Waals surface area contributed by atoms with Crippen molar-refractivity contribution in [2.24, 2.45) is 0 Å². The number of hydrogen-bond acceptors (Lipinski definition) is 6. The molecule has 19 heavy (non-hydrogen) atoms. The number of nitro groups is 1. The number of nitrogens with one attached hydrogen (secondary N) is 1. The molecule has 0 aromatic carbocycles. The maximum absolute atomic E-state index is 10.9. The fourth-order valence-electron chi connectivity index (χ4n) is 1.68. The van der Waals surface area contributed by atoms with Crippen LogP contribution in [0, 0.1) is 17.0 Å². The standard InChI is InChI=1S/C12H14N4O2S/c1-8-7-14-10(6-9(8)16(17)18)15-12(2,3)11-13-4-5-19-11/h4-7H,1-3H3,(H,14,15). The molecule has 0 atom stereocenters. The largest absolute Gasteiger partial charge is 0.358 e. The first-order chi connectivity index (χ1) is 8.90. The molecule has 2 rings (SSSR count). The monoisotopic (exact) mass is 278 g/mol. The summed E-state index contributed by atoms with van der Waals surface area (Å²) in [5.74, 6) is 0.470. The van der Waals surface area contributed by atoms with Crippen LogP contribution < -0.4 is 5.32 Å². The summed E-state index contributed by atoms with van der Waals surface area (Å²) in [5.41, 5.74) is 0.180. The van der Waals surface area contributed by atoms with E-state index in [1.54, 1.807) is 13.1 Å². The number of aryl methyl sites for hydroxylation is 1. The van der Waals surface area contributed by atoms with Crippen molar-refractivity contribution >= 4 is 22.8 Å². The average Bonchev–Trinajstić information content (AvgIpc) is 2.85. The van der Waals surface area contributed by atoms with Crippen LogP contribution >= 0.6 is 11.3 Å². The molecular weight excluding hydrogens is 264 g/mol. The van der Waals surface area contributed by atoms with Crippen molar-refractivity contribution in [2.75, 3.05) is 5.32 Å². The summed E-state index contributed by atoms with van der Waals surface area (Å²) < 4.78 is 0. The molecule has 0 amide bonds. The first-order valence-electron chi connectivity index (χ1n) is 5.69. The molecule has 0 spiro atoms. The number of rotatable bonds is 4. The zero-order valence-corrected chi connectivity index (χ0v) is 11.7. The second-order valence-electron chi connectivity index (χ2n) is 4.70. The van der Waals surface area contributed by atoms with Gasteiger partial charge in [0.05, 0.1) is 16.5 Å². The van der Waals surface area contributed by atoms with E-state index in [1.165, 1.54) is 23.6 Å². The summed E-state index contributed by atoms with van der Waals surface area (Å²) in [5, 5.41) is 16.9. The smallest absolute Gasteiger partial charge is 0.277 e. The van der Waals surface area contributed by atoms with Gasteiger partial charge in [-0.2, -0.15) is 0 Å². The van der Waals surface area contributed by atoms with Crippen molar-refractivity contribution in [1.29, 1.82) is 0 Å². The number of nitrogens with zero attached hydrogens (tertiary/aromatic N) is 3. The van der Waals surface area contributed by atoms with E-state index in [9.17, 15) is 10.1 Å². The van der Waals surface area contributed by atoms with E-state index in [-0.39, 0.29) is 5.69 Å². The van der Waals surface area contributed by atoms with Gasteiger partial charge in [0, 0.05) is 23.3 Å². The molecule has 0 unspecified atom stereocenters. The topological polar surface area (TPSA) is 81.0 Å². The van der Waals surface area contributed by atoms with E-state index in [1.807, 2.05) is 19.2 Å². The number of aromatic nitrogens is 2. The summed E-state index contributed by atoms with van der Waals surface area (Å²) in [6.45, 7) is 5.58. The third-order valence-corrected chi connectivity index (χ3v) is 3.78. The summed E-state index contributed by atoms with van der Waals surface area (Å²) in [4.78, 5) is 18.9. The molecule has 7 heteroatoms. The van der Waals surface area contributed by atoms with E-state index in [0.29, 0.717) is 11.4 Å². The average molecular weight is 278 g/mol. The first kappa shape index (κ1) is 13.4. The normalized spacial score (nSPS) is 11.3. The molecule has 0 fully saturated rings. The molecule has 2 heterocycles. The minimum Gasteiger partial charge on any atom is -0.358 e. The van der Waals surface area contributed by atoms with Crippen molar-refractivity contribution in [2.45, 2.75) is 26.3 Å². The molecule has 2 aromatic heterocycles. The predicted molar refractivity (Wildman–Crippen MR) is 74.4 cm³/mol. The van der Waals surface area contributed by atoms with Gasteiger partial charge >= 0.3 is 0 Å². The van der Waals surface area contributed by atoms with Crippen molar-refractivity contribution in [3.63, 3.8) is 0 Å². The highest BCUT2D eigenvalue weighted by Gasteiger charge is 2.24. The Morgan fingerprint density at radius 3 is 2.74 bits per heavy atom. The highest BCUT2D eigenvalue weighted by molar-refractivity contribution is 7.09. The number of hydrogen-bond donors (Lipinski definition) is 1. The van der Waals surface area contributed by atoms with Crippen LogP contribution in [-0.2, 0) is 5.54 Å². The number of anilines is 1. The molecular formula is C12H14N4O2S. The Morgan fingerprint density at radius 1 is 1.42 bits per heavy atom. The molecule has 0 bridgehead atoms. The summed E-state index contributed by atoms with van der Waals surface area (Å²) in [7, 11) is 0. The minimum atomic E-state index is -0.426. The van der Waals surface area contributed by atoms with E-state index < -0.39 is 10.5 Å². The fourth-order valence-corrected chi connectivity index (χ4v) is 2.40. The second kappa shape index (κ2) is 4.93. The van der Waals surface area contributed by atoms with Crippen LogP contribution in [-0.4, -0.2) is 14.9 Å². The van der Waals surface area contributed by atoms with Gasteiger partial charge in [-0.3, -0.25) is 10.1 Å². The van der Waals surface area contributed by atoms with E-state index >= 15 is 0 Å². The summed E-state index contributed by atoms with van der Waals surface area (Å²) in [6.07, 6.45) is 3.23. The highest BCUT2D eigenvalue weighted by Crippen LogP contribution is 2.28. The van der Waals surface area contributed by atoms with Crippen LogP contribution in [0.5, 0.6) is 0 Å². The van der Waals surface area contributed by atoms with Crippen molar-refractivity contribution < 1.29 is 4.92 Å². The Balaban J connectivity index is 2.29. The fraction of sp³-hybridized carbons (Fsp3) is 0.333. The maximum atomic E-state index is 10.9. The Kier molecular flexibility index (Phi) is 3.48. The van der Waals surface area contributed by atoms with Gasteiger partial charge in [-0.25, -0.2) is 9.97 Å². The Labute approximate surface area is 114 Å². The highest BCUT2D eigenvalue weighted by atomic mass is 32.1. The molecule has 0 aliphatic carbocycles. The van der Waals surface area contributed by atoms with E-state index in [4.69, 9.17) is 0 Å². The lowest BCUT2D eigenvalue weighted by atomic mass is 10.1. The van der Waals surface area contributed by atoms with Crippen molar-refractivity contribution in [1.82, 2.24) is 9.97 Å². The van der Waals surface area contributed by atoms with Gasteiger partial charge in [0.1, 0.15) is 10.8 Å². The first-order valence-corrected chi connectivity index (χ1v) is 6.57. The lowest BCUT2D eigenvalue weighted by molar-refractivity contribution is -0.385.